The molecule has 0 aliphatic heterocycles. The summed E-state index contributed by atoms with van der Waals surface area (Å²) in [7, 11) is 3.07. The van der Waals surface area contributed by atoms with E-state index in [0.29, 0.717) is 42.4 Å². The number of carbonyl (C=O) groups excluding carboxylic acids is 1. The maximum Gasteiger partial charge on any atom is 0.251 e. The third kappa shape index (κ3) is 5.44. The van der Waals surface area contributed by atoms with E-state index in [1.165, 1.54) is 7.11 Å². The van der Waals surface area contributed by atoms with Gasteiger partial charge in [-0.05, 0) is 47.9 Å². The lowest BCUT2D eigenvalue weighted by Gasteiger charge is -2.13. The van der Waals surface area contributed by atoms with Gasteiger partial charge in [-0.2, -0.15) is 0 Å². The zero-order valence-electron chi connectivity index (χ0n) is 17.1. The molecule has 3 aromatic rings. The Bertz CT molecular complexity index is 988. The van der Waals surface area contributed by atoms with Gasteiger partial charge in [0.2, 0.25) is 0 Å². The second-order valence-corrected chi connectivity index (χ2v) is 6.65. The van der Waals surface area contributed by atoms with Crippen molar-refractivity contribution < 1.29 is 24.1 Å². The third-order valence-corrected chi connectivity index (χ3v) is 4.61. The summed E-state index contributed by atoms with van der Waals surface area (Å²) in [6.45, 7) is 0.823. The lowest BCUT2D eigenvalue weighted by Crippen LogP contribution is -2.25. The average molecular weight is 407 g/mol. The molecular weight excluding hydrogens is 382 g/mol. The topological polar surface area (TPSA) is 77.0 Å². The van der Waals surface area contributed by atoms with Crippen LogP contribution in [0.2, 0.25) is 0 Å². The fourth-order valence-corrected chi connectivity index (χ4v) is 2.97. The standard InChI is InChI=1S/C24H25NO5/c1-28-21-11-9-19(15-23(21)30-16-18-6-4-3-5-7-18)24(27)25-13-12-17-8-10-20(26)22(14-17)29-2/h3-11,14-15,26H,12-13,16H2,1-2H3,(H,25,27). The number of aromatic hydroxyl groups is 1. The van der Waals surface area contributed by atoms with Gasteiger partial charge in [0.15, 0.2) is 23.0 Å². The molecule has 0 fully saturated rings. The summed E-state index contributed by atoms with van der Waals surface area (Å²) in [5.41, 5.74) is 2.47. The number of rotatable bonds is 9. The first-order chi connectivity index (χ1) is 14.6. The van der Waals surface area contributed by atoms with Crippen LogP contribution < -0.4 is 19.5 Å². The van der Waals surface area contributed by atoms with Crippen LogP contribution in [0.5, 0.6) is 23.0 Å². The SMILES string of the molecule is COc1cc(CCNC(=O)c2ccc(OC)c(OCc3ccccc3)c2)ccc1O. The number of methoxy groups -OCH3 is 2. The zero-order valence-corrected chi connectivity index (χ0v) is 17.1. The monoisotopic (exact) mass is 407 g/mol. The molecule has 0 unspecified atom stereocenters. The van der Waals surface area contributed by atoms with Crippen LogP contribution in [-0.4, -0.2) is 31.8 Å². The van der Waals surface area contributed by atoms with Crippen molar-refractivity contribution in [2.75, 3.05) is 20.8 Å². The molecule has 0 saturated heterocycles. The van der Waals surface area contributed by atoms with Crippen molar-refractivity contribution in [1.29, 1.82) is 0 Å². The molecule has 3 aromatic carbocycles. The van der Waals surface area contributed by atoms with E-state index in [0.717, 1.165) is 11.1 Å². The quantitative estimate of drug-likeness (QED) is 0.561. The van der Waals surface area contributed by atoms with E-state index < -0.39 is 0 Å². The molecule has 156 valence electrons. The Morgan fingerprint density at radius 1 is 0.867 bits per heavy atom. The molecule has 0 bridgehead atoms. The lowest BCUT2D eigenvalue weighted by molar-refractivity contribution is 0.0953. The summed E-state index contributed by atoms with van der Waals surface area (Å²) in [5.74, 6) is 1.38. The minimum Gasteiger partial charge on any atom is -0.504 e. The maximum absolute atomic E-state index is 12.6. The normalized spacial score (nSPS) is 10.3. The summed E-state index contributed by atoms with van der Waals surface area (Å²) in [5, 5.41) is 12.6. The summed E-state index contributed by atoms with van der Waals surface area (Å²) in [6.07, 6.45) is 0.607. The molecule has 6 heteroatoms. The molecule has 30 heavy (non-hydrogen) atoms. The van der Waals surface area contributed by atoms with Crippen LogP contribution in [0, 0.1) is 0 Å². The van der Waals surface area contributed by atoms with E-state index in [9.17, 15) is 9.90 Å². The molecule has 0 aromatic heterocycles. The third-order valence-electron chi connectivity index (χ3n) is 4.61. The van der Waals surface area contributed by atoms with Crippen LogP contribution in [0.15, 0.2) is 66.7 Å². The first-order valence-electron chi connectivity index (χ1n) is 9.59. The Balaban J connectivity index is 1.61. The lowest BCUT2D eigenvalue weighted by atomic mass is 10.1. The van der Waals surface area contributed by atoms with Gasteiger partial charge in [0.1, 0.15) is 6.61 Å². The molecule has 0 spiro atoms. The van der Waals surface area contributed by atoms with Crippen LogP contribution in [0.25, 0.3) is 0 Å². The van der Waals surface area contributed by atoms with Gasteiger partial charge in [-0.25, -0.2) is 0 Å². The highest BCUT2D eigenvalue weighted by molar-refractivity contribution is 5.94. The van der Waals surface area contributed by atoms with Gasteiger partial charge in [-0.1, -0.05) is 36.4 Å². The molecule has 1 amide bonds. The van der Waals surface area contributed by atoms with Crippen LogP contribution in [-0.2, 0) is 13.0 Å². The Morgan fingerprint density at radius 2 is 1.63 bits per heavy atom. The Hall–Kier alpha value is -3.67. The van der Waals surface area contributed by atoms with Crippen LogP contribution >= 0.6 is 0 Å². The second kappa shape index (κ2) is 10.2. The minimum atomic E-state index is -0.201. The number of hydrogen-bond donors (Lipinski definition) is 2. The van der Waals surface area contributed by atoms with Crippen LogP contribution in [0.4, 0.5) is 0 Å². The molecular formula is C24H25NO5. The van der Waals surface area contributed by atoms with Gasteiger partial charge in [0.05, 0.1) is 14.2 Å². The van der Waals surface area contributed by atoms with Gasteiger partial charge in [-0.15, -0.1) is 0 Å². The Labute approximate surface area is 176 Å². The summed E-state index contributed by atoms with van der Waals surface area (Å²) < 4.78 is 16.3. The van der Waals surface area contributed by atoms with Gasteiger partial charge < -0.3 is 24.6 Å². The van der Waals surface area contributed by atoms with Gasteiger partial charge in [-0.3, -0.25) is 4.79 Å². The number of benzene rings is 3. The van der Waals surface area contributed by atoms with Crippen molar-refractivity contribution in [2.24, 2.45) is 0 Å². The molecule has 0 radical (unpaired) electrons. The average Bonchev–Trinajstić information content (AvgIpc) is 2.79. The number of ether oxygens (including phenoxy) is 3. The predicted octanol–water partition coefficient (Wildman–Crippen LogP) is 3.96. The maximum atomic E-state index is 12.6. The van der Waals surface area contributed by atoms with Gasteiger partial charge >= 0.3 is 0 Å². The predicted molar refractivity (Wildman–Crippen MR) is 114 cm³/mol. The van der Waals surface area contributed by atoms with Gasteiger partial charge in [0, 0.05) is 12.1 Å². The fourth-order valence-electron chi connectivity index (χ4n) is 2.97. The van der Waals surface area contributed by atoms with E-state index in [1.54, 1.807) is 43.5 Å². The van der Waals surface area contributed by atoms with Crippen LogP contribution in [0.3, 0.4) is 0 Å². The zero-order chi connectivity index (χ0) is 21.3. The highest BCUT2D eigenvalue weighted by Gasteiger charge is 2.12. The number of nitrogens with one attached hydrogen (secondary N) is 1. The Kier molecular flexibility index (Phi) is 7.16. The Morgan fingerprint density at radius 3 is 2.37 bits per heavy atom. The first kappa shape index (κ1) is 21.0. The van der Waals surface area contributed by atoms with Crippen molar-refractivity contribution in [3.05, 3.63) is 83.4 Å². The number of amides is 1. The van der Waals surface area contributed by atoms with E-state index in [4.69, 9.17) is 14.2 Å². The van der Waals surface area contributed by atoms with Crippen LogP contribution in [0.1, 0.15) is 21.5 Å². The highest BCUT2D eigenvalue weighted by Crippen LogP contribution is 2.29. The smallest absolute Gasteiger partial charge is 0.251 e. The molecule has 0 heterocycles. The van der Waals surface area contributed by atoms with Crippen molar-refractivity contribution in [3.63, 3.8) is 0 Å². The molecule has 3 rings (SSSR count). The largest absolute Gasteiger partial charge is 0.504 e. The van der Waals surface area contributed by atoms with E-state index >= 15 is 0 Å². The molecule has 6 nitrogen and oxygen atoms in total. The van der Waals surface area contributed by atoms with Gasteiger partial charge in [0.25, 0.3) is 5.91 Å². The molecule has 0 aliphatic rings. The number of carbonyl (C=O) groups is 1. The van der Waals surface area contributed by atoms with Crippen molar-refractivity contribution >= 4 is 5.91 Å². The number of hydrogen-bond acceptors (Lipinski definition) is 5. The number of phenolic OH excluding ortho intramolecular Hbond substituents is 1. The summed E-state index contributed by atoms with van der Waals surface area (Å²) >= 11 is 0. The molecule has 0 saturated carbocycles. The molecule has 2 N–H and O–H groups in total. The van der Waals surface area contributed by atoms with E-state index in [1.807, 2.05) is 30.3 Å². The van der Waals surface area contributed by atoms with Crippen molar-refractivity contribution in [3.8, 4) is 23.0 Å². The summed E-state index contributed by atoms with van der Waals surface area (Å²) in [6, 6.07) is 20.0. The van der Waals surface area contributed by atoms with Crippen molar-refractivity contribution in [2.45, 2.75) is 13.0 Å². The first-order valence-corrected chi connectivity index (χ1v) is 9.59. The fraction of sp³-hybridized carbons (Fsp3) is 0.208. The minimum absolute atomic E-state index is 0.0894. The van der Waals surface area contributed by atoms with Crippen molar-refractivity contribution in [1.82, 2.24) is 5.32 Å². The highest BCUT2D eigenvalue weighted by atomic mass is 16.5. The second-order valence-electron chi connectivity index (χ2n) is 6.65. The van der Waals surface area contributed by atoms with E-state index in [2.05, 4.69) is 5.32 Å². The molecule has 0 atom stereocenters. The van der Waals surface area contributed by atoms with E-state index in [-0.39, 0.29) is 11.7 Å². The number of phenols is 1. The molecule has 0 aliphatic carbocycles. The summed E-state index contributed by atoms with van der Waals surface area (Å²) in [4.78, 5) is 12.6.